The van der Waals surface area contributed by atoms with Crippen LogP contribution in [0.2, 0.25) is 0 Å². The minimum Gasteiger partial charge on any atom is -0.465 e. The highest BCUT2D eigenvalue weighted by Gasteiger charge is 2.04. The number of carbonyl (C=O) groups excluding carboxylic acids is 1. The second kappa shape index (κ2) is 6.86. The van der Waals surface area contributed by atoms with Gasteiger partial charge in [0, 0.05) is 18.2 Å². The second-order valence-electron chi connectivity index (χ2n) is 3.79. The lowest BCUT2D eigenvalue weighted by Crippen LogP contribution is -2.05. The van der Waals surface area contributed by atoms with Crippen molar-refractivity contribution < 1.29 is 22.1 Å². The predicted molar refractivity (Wildman–Crippen MR) is 69.2 cm³/mol. The second-order valence-corrected chi connectivity index (χ2v) is 6.43. The van der Waals surface area contributed by atoms with Crippen molar-refractivity contribution >= 4 is 27.4 Å². The molecule has 1 aromatic heterocycles. The Kier molecular flexibility index (Phi) is 5.77. The van der Waals surface area contributed by atoms with Crippen LogP contribution in [0.15, 0.2) is 11.4 Å². The lowest BCUT2D eigenvalue weighted by atomic mass is 10.2. The van der Waals surface area contributed by atoms with Gasteiger partial charge in [0.1, 0.15) is 0 Å². The van der Waals surface area contributed by atoms with Crippen LogP contribution in [-0.2, 0) is 36.7 Å². The van der Waals surface area contributed by atoms with Crippen LogP contribution in [0.3, 0.4) is 0 Å². The van der Waals surface area contributed by atoms with E-state index in [-0.39, 0.29) is 12.6 Å². The van der Waals surface area contributed by atoms with E-state index in [4.69, 9.17) is 4.74 Å². The SMILES string of the molecule is CC(=O)OCCc1cc(CCOS(C)(=O)=O)cs1. The first-order valence-corrected chi connectivity index (χ1v) is 8.10. The van der Waals surface area contributed by atoms with E-state index < -0.39 is 10.1 Å². The number of rotatable bonds is 7. The normalized spacial score (nSPS) is 11.4. The molecule has 0 bridgehead atoms. The number of thiophene rings is 1. The molecule has 1 heterocycles. The van der Waals surface area contributed by atoms with Crippen LogP contribution in [0.1, 0.15) is 17.4 Å². The van der Waals surface area contributed by atoms with Gasteiger partial charge in [-0.05, 0) is 23.4 Å². The van der Waals surface area contributed by atoms with Crippen LogP contribution >= 0.6 is 11.3 Å². The number of hydrogen-bond acceptors (Lipinski definition) is 6. The Hall–Kier alpha value is -0.920. The fourth-order valence-electron chi connectivity index (χ4n) is 1.29. The molecule has 5 nitrogen and oxygen atoms in total. The van der Waals surface area contributed by atoms with Crippen molar-refractivity contribution in [3.8, 4) is 0 Å². The first-order chi connectivity index (χ1) is 8.37. The smallest absolute Gasteiger partial charge is 0.302 e. The van der Waals surface area contributed by atoms with E-state index in [9.17, 15) is 13.2 Å². The van der Waals surface area contributed by atoms with Crippen molar-refractivity contribution in [1.29, 1.82) is 0 Å². The standard InChI is InChI=1S/C11H16O5S2/c1-9(12)15-5-4-11-7-10(8-17-11)3-6-16-18(2,13)14/h7-8H,3-6H2,1-2H3. The Morgan fingerprint density at radius 1 is 1.33 bits per heavy atom. The number of carbonyl (C=O) groups is 1. The largest absolute Gasteiger partial charge is 0.465 e. The molecular formula is C11H16O5S2. The minimum absolute atomic E-state index is 0.152. The summed E-state index contributed by atoms with van der Waals surface area (Å²) in [7, 11) is -3.37. The molecule has 0 N–H and O–H groups in total. The first kappa shape index (κ1) is 15.1. The highest BCUT2D eigenvalue weighted by molar-refractivity contribution is 7.85. The summed E-state index contributed by atoms with van der Waals surface area (Å²) in [5.41, 5.74) is 1.03. The van der Waals surface area contributed by atoms with Crippen molar-refractivity contribution in [1.82, 2.24) is 0 Å². The molecule has 18 heavy (non-hydrogen) atoms. The fraction of sp³-hybridized carbons (Fsp3) is 0.545. The van der Waals surface area contributed by atoms with E-state index in [1.54, 1.807) is 11.3 Å². The molecular weight excluding hydrogens is 276 g/mol. The van der Waals surface area contributed by atoms with E-state index in [1.807, 2.05) is 11.4 Å². The summed E-state index contributed by atoms with van der Waals surface area (Å²) in [6, 6.07) is 1.97. The van der Waals surface area contributed by atoms with E-state index in [0.29, 0.717) is 19.4 Å². The molecule has 0 radical (unpaired) electrons. The van der Waals surface area contributed by atoms with Gasteiger partial charge in [0.15, 0.2) is 0 Å². The molecule has 0 fully saturated rings. The van der Waals surface area contributed by atoms with Crippen molar-refractivity contribution in [3.05, 3.63) is 21.9 Å². The van der Waals surface area contributed by atoms with Gasteiger partial charge in [0.25, 0.3) is 10.1 Å². The van der Waals surface area contributed by atoms with Gasteiger partial charge in [-0.25, -0.2) is 0 Å². The van der Waals surface area contributed by atoms with Crippen LogP contribution in [0.5, 0.6) is 0 Å². The molecule has 0 aliphatic heterocycles. The predicted octanol–water partition coefficient (Wildman–Crippen LogP) is 1.37. The Labute approximate surface area is 111 Å². The van der Waals surface area contributed by atoms with E-state index in [0.717, 1.165) is 16.7 Å². The van der Waals surface area contributed by atoms with Gasteiger partial charge in [-0.3, -0.25) is 8.98 Å². The highest BCUT2D eigenvalue weighted by Crippen LogP contribution is 2.16. The van der Waals surface area contributed by atoms with Crippen LogP contribution in [-0.4, -0.2) is 33.9 Å². The average molecular weight is 292 g/mol. The van der Waals surface area contributed by atoms with E-state index in [2.05, 4.69) is 4.18 Å². The van der Waals surface area contributed by atoms with Crippen LogP contribution < -0.4 is 0 Å². The van der Waals surface area contributed by atoms with Crippen molar-refractivity contribution in [3.63, 3.8) is 0 Å². The van der Waals surface area contributed by atoms with Gasteiger partial charge < -0.3 is 4.74 Å². The zero-order valence-corrected chi connectivity index (χ0v) is 12.0. The monoisotopic (exact) mass is 292 g/mol. The van der Waals surface area contributed by atoms with Crippen LogP contribution in [0.25, 0.3) is 0 Å². The summed E-state index contributed by atoms with van der Waals surface area (Å²) in [5, 5.41) is 1.95. The quantitative estimate of drug-likeness (QED) is 0.561. The summed E-state index contributed by atoms with van der Waals surface area (Å²) in [4.78, 5) is 11.7. The molecule has 0 aliphatic rings. The first-order valence-electron chi connectivity index (χ1n) is 5.41. The molecule has 0 atom stereocenters. The summed E-state index contributed by atoms with van der Waals surface area (Å²) < 4.78 is 31.0. The molecule has 1 rings (SSSR count). The number of hydrogen-bond donors (Lipinski definition) is 0. The summed E-state index contributed by atoms with van der Waals surface area (Å²) in [6.07, 6.45) is 2.26. The summed E-state index contributed by atoms with van der Waals surface area (Å²) in [6.45, 7) is 1.90. The number of esters is 1. The summed E-state index contributed by atoms with van der Waals surface area (Å²) >= 11 is 1.56. The third kappa shape index (κ3) is 6.73. The summed E-state index contributed by atoms with van der Waals surface area (Å²) in [5.74, 6) is -0.284. The maximum Gasteiger partial charge on any atom is 0.302 e. The molecule has 1 aromatic rings. The highest BCUT2D eigenvalue weighted by atomic mass is 32.2. The molecule has 0 spiro atoms. The Morgan fingerprint density at radius 2 is 2.06 bits per heavy atom. The van der Waals surface area contributed by atoms with Crippen molar-refractivity contribution in [2.45, 2.75) is 19.8 Å². The van der Waals surface area contributed by atoms with Gasteiger partial charge >= 0.3 is 5.97 Å². The van der Waals surface area contributed by atoms with E-state index >= 15 is 0 Å². The van der Waals surface area contributed by atoms with Crippen molar-refractivity contribution in [2.75, 3.05) is 19.5 Å². The molecule has 0 saturated carbocycles. The molecule has 102 valence electrons. The molecule has 0 amide bonds. The van der Waals surface area contributed by atoms with Gasteiger partial charge in [0.05, 0.1) is 19.5 Å². The maximum atomic E-state index is 10.8. The lowest BCUT2D eigenvalue weighted by Gasteiger charge is -1.99. The van der Waals surface area contributed by atoms with Gasteiger partial charge in [0.2, 0.25) is 0 Å². The van der Waals surface area contributed by atoms with Crippen LogP contribution in [0.4, 0.5) is 0 Å². The zero-order valence-electron chi connectivity index (χ0n) is 10.3. The fourth-order valence-corrected chi connectivity index (χ4v) is 2.59. The maximum absolute atomic E-state index is 10.8. The molecule has 0 unspecified atom stereocenters. The third-order valence-corrected chi connectivity index (χ3v) is 3.69. The molecule has 0 saturated heterocycles. The Morgan fingerprint density at radius 3 is 2.67 bits per heavy atom. The molecule has 0 aromatic carbocycles. The third-order valence-electron chi connectivity index (χ3n) is 2.05. The zero-order chi connectivity index (χ0) is 13.6. The Balaban J connectivity index is 2.32. The average Bonchev–Trinajstić information content (AvgIpc) is 2.63. The lowest BCUT2D eigenvalue weighted by molar-refractivity contribution is -0.140. The molecule has 0 aliphatic carbocycles. The van der Waals surface area contributed by atoms with E-state index in [1.165, 1.54) is 6.92 Å². The topological polar surface area (TPSA) is 69.7 Å². The van der Waals surface area contributed by atoms with Gasteiger partial charge in [-0.2, -0.15) is 8.42 Å². The van der Waals surface area contributed by atoms with Gasteiger partial charge in [-0.15, -0.1) is 11.3 Å². The Bertz CT molecular complexity index is 489. The van der Waals surface area contributed by atoms with Gasteiger partial charge in [-0.1, -0.05) is 0 Å². The number of ether oxygens (including phenoxy) is 1. The van der Waals surface area contributed by atoms with Crippen molar-refractivity contribution in [2.24, 2.45) is 0 Å². The van der Waals surface area contributed by atoms with Crippen LogP contribution in [0, 0.1) is 0 Å². The molecule has 7 heteroatoms. The minimum atomic E-state index is -3.37.